The van der Waals surface area contributed by atoms with Gasteiger partial charge in [0.2, 0.25) is 5.91 Å². The number of carbonyl (C=O) groups excluding carboxylic acids is 1. The maximum absolute atomic E-state index is 13.3. The highest BCUT2D eigenvalue weighted by molar-refractivity contribution is 5.82. The van der Waals surface area contributed by atoms with Crippen molar-refractivity contribution >= 4 is 5.91 Å². The van der Waals surface area contributed by atoms with E-state index in [1.807, 2.05) is 20.8 Å². The van der Waals surface area contributed by atoms with E-state index in [4.69, 9.17) is 0 Å². The molecule has 2 atom stereocenters. The fourth-order valence-electron chi connectivity index (χ4n) is 3.04. The van der Waals surface area contributed by atoms with Gasteiger partial charge in [0.25, 0.3) is 0 Å². The van der Waals surface area contributed by atoms with Crippen molar-refractivity contribution < 1.29 is 4.79 Å². The fourth-order valence-corrected chi connectivity index (χ4v) is 3.04. The molecule has 0 N–H and O–H groups in total. The van der Waals surface area contributed by atoms with Crippen LogP contribution in [-0.4, -0.2) is 22.4 Å². The number of rotatable bonds is 2. The molecule has 2 nitrogen and oxygen atoms in total. The molecule has 0 aliphatic heterocycles. The van der Waals surface area contributed by atoms with Gasteiger partial charge in [0, 0.05) is 17.0 Å². The largest absolute Gasteiger partial charge is 0.334 e. The molecular formula is C20H41NO. The normalized spacial score (nSPS) is 17.1. The molecule has 0 aromatic rings. The van der Waals surface area contributed by atoms with Gasteiger partial charge in [-0.1, -0.05) is 69.2 Å². The molecule has 132 valence electrons. The first kappa shape index (κ1) is 21.5. The Hall–Kier alpha value is -0.530. The quantitative estimate of drug-likeness (QED) is 0.635. The van der Waals surface area contributed by atoms with Gasteiger partial charge in [0.1, 0.15) is 0 Å². The lowest BCUT2D eigenvalue weighted by Crippen LogP contribution is -2.62. The minimum Gasteiger partial charge on any atom is -0.334 e. The second-order valence-electron chi connectivity index (χ2n) is 11.1. The summed E-state index contributed by atoms with van der Waals surface area (Å²) in [6, 6.07) is 0.194. The van der Waals surface area contributed by atoms with Crippen molar-refractivity contribution in [2.24, 2.45) is 22.2 Å². The highest BCUT2D eigenvalue weighted by atomic mass is 16.2. The van der Waals surface area contributed by atoms with E-state index in [-0.39, 0.29) is 33.7 Å². The molecular weight excluding hydrogens is 270 g/mol. The molecule has 0 saturated heterocycles. The minimum atomic E-state index is -0.367. The maximum atomic E-state index is 13.3. The highest BCUT2D eigenvalue weighted by Crippen LogP contribution is 2.43. The van der Waals surface area contributed by atoms with Crippen LogP contribution in [0, 0.1) is 22.2 Å². The van der Waals surface area contributed by atoms with E-state index in [9.17, 15) is 4.79 Å². The molecule has 0 heterocycles. The average molecular weight is 312 g/mol. The summed E-state index contributed by atoms with van der Waals surface area (Å²) in [6.07, 6.45) is 0. The van der Waals surface area contributed by atoms with Crippen LogP contribution in [-0.2, 0) is 4.79 Å². The van der Waals surface area contributed by atoms with Crippen molar-refractivity contribution in [2.45, 2.75) is 102 Å². The summed E-state index contributed by atoms with van der Waals surface area (Å²) >= 11 is 0. The van der Waals surface area contributed by atoms with Gasteiger partial charge in [-0.3, -0.25) is 4.79 Å². The number of amides is 1. The number of carbonyl (C=O) groups is 1. The van der Waals surface area contributed by atoms with Gasteiger partial charge in [-0.2, -0.15) is 0 Å². The van der Waals surface area contributed by atoms with Crippen LogP contribution in [0.15, 0.2) is 0 Å². The van der Waals surface area contributed by atoms with Gasteiger partial charge in [-0.15, -0.1) is 0 Å². The number of hydrogen-bond acceptors (Lipinski definition) is 1. The molecule has 0 fully saturated rings. The van der Waals surface area contributed by atoms with Gasteiger partial charge in [-0.05, 0) is 37.5 Å². The summed E-state index contributed by atoms with van der Waals surface area (Å²) in [5.41, 5.74) is -0.378. The van der Waals surface area contributed by atoms with Crippen molar-refractivity contribution in [3.05, 3.63) is 0 Å². The predicted octanol–water partition coefficient (Wildman–Crippen LogP) is 5.76. The molecule has 0 rings (SSSR count). The molecule has 0 aromatic carbocycles. The molecule has 0 aliphatic carbocycles. The van der Waals surface area contributed by atoms with Crippen LogP contribution >= 0.6 is 0 Å². The lowest BCUT2D eigenvalue weighted by Gasteiger charge is -2.54. The van der Waals surface area contributed by atoms with E-state index < -0.39 is 0 Å². The van der Waals surface area contributed by atoms with Crippen molar-refractivity contribution in [1.29, 1.82) is 0 Å². The van der Waals surface area contributed by atoms with Gasteiger partial charge in [0.15, 0.2) is 0 Å². The Labute approximate surface area is 140 Å². The highest BCUT2D eigenvalue weighted by Gasteiger charge is 2.47. The first-order chi connectivity index (χ1) is 9.31. The molecule has 0 aliphatic rings. The summed E-state index contributed by atoms with van der Waals surface area (Å²) in [4.78, 5) is 15.4. The van der Waals surface area contributed by atoms with E-state index in [0.717, 1.165) is 0 Å². The van der Waals surface area contributed by atoms with E-state index >= 15 is 0 Å². The summed E-state index contributed by atoms with van der Waals surface area (Å²) in [6.45, 7) is 28.4. The lowest BCUT2D eigenvalue weighted by molar-refractivity contribution is -0.156. The van der Waals surface area contributed by atoms with E-state index in [0.29, 0.717) is 5.92 Å². The van der Waals surface area contributed by atoms with Crippen LogP contribution < -0.4 is 0 Å². The van der Waals surface area contributed by atoms with Crippen LogP contribution in [0.4, 0.5) is 0 Å². The molecule has 0 spiro atoms. The fraction of sp³-hybridized carbons (Fsp3) is 0.950. The van der Waals surface area contributed by atoms with Crippen LogP contribution in [0.25, 0.3) is 0 Å². The van der Waals surface area contributed by atoms with Crippen LogP contribution in [0.1, 0.15) is 90.0 Å². The van der Waals surface area contributed by atoms with Crippen LogP contribution in [0.3, 0.4) is 0 Å². The molecule has 0 saturated carbocycles. The standard InChI is InChI=1S/C20H41NO/c1-14(17(2,3)4)15(18(5,6)7)21(20(11,12)13)16(22)19(8,9)10/h14-15H,1-13H3. The Bertz CT molecular complexity index is 382. The van der Waals surface area contributed by atoms with Gasteiger partial charge in [0.05, 0.1) is 0 Å². The molecule has 0 bridgehead atoms. The third-order valence-corrected chi connectivity index (χ3v) is 4.59. The van der Waals surface area contributed by atoms with Gasteiger partial charge >= 0.3 is 0 Å². The Kier molecular flexibility index (Phi) is 6.02. The first-order valence-corrected chi connectivity index (χ1v) is 8.65. The zero-order valence-electron chi connectivity index (χ0n) is 17.5. The summed E-state index contributed by atoms with van der Waals surface area (Å²) < 4.78 is 0. The van der Waals surface area contributed by atoms with E-state index in [1.54, 1.807) is 0 Å². The van der Waals surface area contributed by atoms with Crippen LogP contribution in [0.2, 0.25) is 0 Å². The van der Waals surface area contributed by atoms with Crippen molar-refractivity contribution in [1.82, 2.24) is 4.90 Å². The van der Waals surface area contributed by atoms with Crippen molar-refractivity contribution in [3.8, 4) is 0 Å². The minimum absolute atomic E-state index is 0.0287. The Balaban J connectivity index is 6.18. The molecule has 0 aromatic heterocycles. The zero-order valence-corrected chi connectivity index (χ0v) is 17.5. The zero-order chi connectivity index (χ0) is 18.3. The number of hydrogen-bond donors (Lipinski definition) is 0. The third-order valence-electron chi connectivity index (χ3n) is 4.59. The second kappa shape index (κ2) is 6.17. The van der Waals surface area contributed by atoms with Crippen LogP contribution in [0.5, 0.6) is 0 Å². The van der Waals surface area contributed by atoms with E-state index in [1.165, 1.54) is 0 Å². The van der Waals surface area contributed by atoms with Crippen molar-refractivity contribution in [3.63, 3.8) is 0 Å². The topological polar surface area (TPSA) is 20.3 Å². The monoisotopic (exact) mass is 311 g/mol. The maximum Gasteiger partial charge on any atom is 0.228 e. The predicted molar refractivity (Wildman–Crippen MR) is 97.9 cm³/mol. The molecule has 0 radical (unpaired) electrons. The Morgan fingerprint density at radius 1 is 0.727 bits per heavy atom. The van der Waals surface area contributed by atoms with Crippen molar-refractivity contribution in [2.75, 3.05) is 0 Å². The Morgan fingerprint density at radius 2 is 1.09 bits per heavy atom. The molecule has 1 amide bonds. The Morgan fingerprint density at radius 3 is 1.27 bits per heavy atom. The molecule has 22 heavy (non-hydrogen) atoms. The average Bonchev–Trinajstić information content (AvgIpc) is 2.17. The summed E-state index contributed by atoms with van der Waals surface area (Å²) in [7, 11) is 0. The number of nitrogens with zero attached hydrogens (tertiary/aromatic N) is 1. The summed E-state index contributed by atoms with van der Waals surface area (Å²) in [5, 5.41) is 0. The third kappa shape index (κ3) is 5.28. The second-order valence-corrected chi connectivity index (χ2v) is 11.1. The summed E-state index contributed by atoms with van der Waals surface area (Å²) in [5.74, 6) is 0.647. The smallest absolute Gasteiger partial charge is 0.228 e. The lowest BCUT2D eigenvalue weighted by atomic mass is 9.67. The van der Waals surface area contributed by atoms with Gasteiger partial charge < -0.3 is 4.90 Å². The molecule has 2 heteroatoms. The first-order valence-electron chi connectivity index (χ1n) is 8.65. The van der Waals surface area contributed by atoms with E-state index in [2.05, 4.69) is 74.1 Å². The van der Waals surface area contributed by atoms with Gasteiger partial charge in [-0.25, -0.2) is 0 Å². The SMILES string of the molecule is CC(C(N(C(=O)C(C)(C)C)C(C)(C)C)C(C)(C)C)C(C)(C)C. The molecule has 2 unspecified atom stereocenters.